The molecule has 5 aromatic carbocycles. The van der Waals surface area contributed by atoms with E-state index in [1.54, 1.807) is 0 Å². The summed E-state index contributed by atoms with van der Waals surface area (Å²) in [6, 6.07) is 51.7. The first-order chi connectivity index (χ1) is 19.1. The van der Waals surface area contributed by atoms with Gasteiger partial charge in [-0.15, -0.1) is 0 Å². The molecule has 0 heterocycles. The Morgan fingerprint density at radius 1 is 0.500 bits per heavy atom. The Balaban J connectivity index is 0.000000396. The Labute approximate surface area is 256 Å². The molecular weight excluding hydrogens is 703 g/mol. The molecule has 40 heavy (non-hydrogen) atoms. The van der Waals surface area contributed by atoms with Crippen LogP contribution in [0, 0.1) is 33.5 Å². The van der Waals surface area contributed by atoms with E-state index in [9.17, 15) is 0 Å². The van der Waals surface area contributed by atoms with Gasteiger partial charge < -0.3 is 0 Å². The summed E-state index contributed by atoms with van der Waals surface area (Å²) in [5, 5.41) is 5.89. The van der Waals surface area contributed by atoms with Crippen molar-refractivity contribution in [2.24, 2.45) is 0 Å². The van der Waals surface area contributed by atoms with Crippen LogP contribution in [0.2, 0.25) is 0 Å². The summed E-state index contributed by atoms with van der Waals surface area (Å²) >= 11 is 0. The Morgan fingerprint density at radius 2 is 0.750 bits per heavy atom. The van der Waals surface area contributed by atoms with Gasteiger partial charge in [0.2, 0.25) is 0 Å². The Bertz CT molecular complexity index is 1180. The van der Waals surface area contributed by atoms with Gasteiger partial charge in [-0.25, -0.2) is 0 Å². The van der Waals surface area contributed by atoms with E-state index in [0.29, 0.717) is 0 Å². The van der Waals surface area contributed by atoms with E-state index in [1.807, 2.05) is 0 Å². The molecule has 0 fully saturated rings. The van der Waals surface area contributed by atoms with Gasteiger partial charge in [-0.3, -0.25) is 0 Å². The molecule has 0 spiro atoms. The van der Waals surface area contributed by atoms with Gasteiger partial charge in [0, 0.05) is 20.1 Å². The van der Waals surface area contributed by atoms with Crippen LogP contribution in [-0.4, -0.2) is 12.3 Å². The number of rotatable bonds is 7. The molecule has 0 N–H and O–H groups in total. The van der Waals surface area contributed by atoms with Crippen molar-refractivity contribution < 1.29 is 24.8 Å². The maximum Gasteiger partial charge on any atom is 0 e. The van der Waals surface area contributed by atoms with Crippen LogP contribution in [-0.2, 0) is 24.8 Å². The average Bonchev–Trinajstić information content (AvgIpc) is 2.98. The third-order valence-electron chi connectivity index (χ3n) is 6.10. The summed E-state index contributed by atoms with van der Waals surface area (Å²) in [6.07, 6.45) is 2.41. The molecule has 0 aromatic heterocycles. The van der Waals surface area contributed by atoms with Crippen molar-refractivity contribution in [3.63, 3.8) is 0 Å². The monoisotopic (exact) mass is 738 g/mol. The van der Waals surface area contributed by atoms with Gasteiger partial charge in [0.05, 0.1) is 0 Å². The van der Waals surface area contributed by atoms with E-state index < -0.39 is 0 Å². The second-order valence-electron chi connectivity index (χ2n) is 9.17. The summed E-state index contributed by atoms with van der Waals surface area (Å²) in [5.74, 6) is 0. The predicted octanol–water partition coefficient (Wildman–Crippen LogP) is 7.62. The molecular formula is C36H35IrOP2-. The van der Waals surface area contributed by atoms with Gasteiger partial charge in [0.25, 0.3) is 0 Å². The van der Waals surface area contributed by atoms with Crippen molar-refractivity contribution in [2.45, 2.75) is 20.8 Å². The number of aryl methyl sites for hydroxylation is 3. The summed E-state index contributed by atoms with van der Waals surface area (Å²) in [6.45, 7) is 10.7. The molecule has 5 rings (SSSR count). The standard InChI is InChI=1S/C26H24P2.C9H11.CO.Ir/c1-5-13-23(14-6-1)27(24-15-7-2-8-16-24)21-22-28(25-17-9-3-10-18-25)26-19-11-4-12-20-26;1-7-4-8(2)6-9(3)5-7;1-2;/h1-20H,21-22H2;4-5H,1-3H3;;/q;-1;;. The largest absolute Gasteiger partial charge is 0.0622 e. The second kappa shape index (κ2) is 18.7. The molecule has 0 amide bonds. The van der Waals surface area contributed by atoms with Gasteiger partial charge in [0.15, 0.2) is 0 Å². The third-order valence-corrected chi connectivity index (χ3v) is 11.5. The topological polar surface area (TPSA) is 19.9 Å². The van der Waals surface area contributed by atoms with Crippen molar-refractivity contribution in [1.82, 2.24) is 0 Å². The smallest absolute Gasteiger partial charge is 0 e. The zero-order valence-corrected chi connectivity index (χ0v) is 27.4. The molecule has 1 nitrogen and oxygen atoms in total. The van der Waals surface area contributed by atoms with Crippen LogP contribution in [0.4, 0.5) is 0 Å². The number of hydrogen-bond donors (Lipinski definition) is 0. The third kappa shape index (κ3) is 10.7. The molecule has 0 unspecified atom stereocenters. The predicted molar refractivity (Wildman–Crippen MR) is 171 cm³/mol. The van der Waals surface area contributed by atoms with Gasteiger partial charge in [-0.05, 0) is 49.4 Å². The van der Waals surface area contributed by atoms with E-state index in [0.717, 1.165) is 0 Å². The van der Waals surface area contributed by atoms with E-state index >= 15 is 0 Å². The van der Waals surface area contributed by atoms with Crippen molar-refractivity contribution in [2.75, 3.05) is 12.3 Å². The minimum atomic E-state index is -0.348. The first-order valence-electron chi connectivity index (χ1n) is 13.0. The fourth-order valence-electron chi connectivity index (χ4n) is 4.55. The summed E-state index contributed by atoms with van der Waals surface area (Å²) < 4.78 is 7.50. The fraction of sp³-hybridized carbons (Fsp3) is 0.139. The molecule has 5 aromatic rings. The number of benzene rings is 5. The zero-order chi connectivity index (χ0) is 27.9. The Hall–Kier alpha value is -2.65. The maximum atomic E-state index is 7.50. The summed E-state index contributed by atoms with van der Waals surface area (Å²) in [4.78, 5) is 0. The molecule has 0 saturated carbocycles. The van der Waals surface area contributed by atoms with Gasteiger partial charge in [-0.1, -0.05) is 142 Å². The molecule has 0 aliphatic carbocycles. The van der Waals surface area contributed by atoms with Crippen molar-refractivity contribution in [3.05, 3.63) is 163 Å². The molecule has 4 heteroatoms. The molecule has 0 aliphatic rings. The van der Waals surface area contributed by atoms with Crippen LogP contribution < -0.4 is 21.2 Å². The van der Waals surface area contributed by atoms with Crippen LogP contribution >= 0.6 is 15.8 Å². The second-order valence-corrected chi connectivity index (χ2v) is 13.8. The van der Waals surface area contributed by atoms with Crippen LogP contribution in [0.1, 0.15) is 16.7 Å². The Morgan fingerprint density at radius 3 is 0.975 bits per heavy atom. The zero-order valence-electron chi connectivity index (χ0n) is 23.3. The van der Waals surface area contributed by atoms with Crippen LogP contribution in [0.25, 0.3) is 0 Å². The van der Waals surface area contributed by atoms with Gasteiger partial charge >= 0.3 is 11.3 Å². The number of hydrogen-bond acceptors (Lipinski definition) is 0. The maximum absolute atomic E-state index is 7.50. The normalized spacial score (nSPS) is 9.97. The summed E-state index contributed by atoms with van der Waals surface area (Å²) in [7, 11) is -0.696. The summed E-state index contributed by atoms with van der Waals surface area (Å²) in [5.41, 5.74) is 3.78. The molecule has 0 atom stereocenters. The Kier molecular flexibility index (Phi) is 15.6. The van der Waals surface area contributed by atoms with Crippen LogP contribution in [0.3, 0.4) is 0 Å². The van der Waals surface area contributed by atoms with Crippen molar-refractivity contribution in [3.8, 4) is 0 Å². The quantitative estimate of drug-likeness (QED) is 0.0932. The first kappa shape index (κ1) is 33.6. The average molecular weight is 738 g/mol. The molecule has 205 valence electrons. The van der Waals surface area contributed by atoms with Gasteiger partial charge in [0.1, 0.15) is 0 Å². The van der Waals surface area contributed by atoms with E-state index in [2.05, 4.69) is 167 Å². The molecule has 0 aliphatic heterocycles. The van der Waals surface area contributed by atoms with E-state index in [-0.39, 0.29) is 35.9 Å². The molecule has 1 radical (unpaired) electrons. The van der Waals surface area contributed by atoms with E-state index in [4.69, 9.17) is 4.65 Å². The van der Waals surface area contributed by atoms with Crippen LogP contribution in [0.5, 0.6) is 0 Å². The minimum Gasteiger partial charge on any atom is -0.0622 e. The molecule has 0 bridgehead atoms. The minimum absolute atomic E-state index is 0. The van der Waals surface area contributed by atoms with Gasteiger partial charge in [-0.2, -0.15) is 34.9 Å². The van der Waals surface area contributed by atoms with Crippen LogP contribution in [0.15, 0.2) is 133 Å². The fourth-order valence-corrected chi connectivity index (χ4v) is 9.91. The van der Waals surface area contributed by atoms with E-state index in [1.165, 1.54) is 50.2 Å². The first-order valence-corrected chi connectivity index (χ1v) is 16.1. The molecule has 0 saturated heterocycles. The van der Waals surface area contributed by atoms with Crippen molar-refractivity contribution in [1.29, 1.82) is 0 Å². The van der Waals surface area contributed by atoms with Crippen molar-refractivity contribution >= 4 is 37.1 Å². The SMILES string of the molecule is Cc1[c-]c(C)cc(C)c1.[C-]#[O+].[Ir].c1ccc(P(CCP(c2ccccc2)c2ccccc2)c2ccccc2)cc1.